The molecule has 0 aliphatic carbocycles. The predicted octanol–water partition coefficient (Wildman–Crippen LogP) is 5.54. The molecule has 0 N–H and O–H groups in total. The Morgan fingerprint density at radius 2 is 1.69 bits per heavy atom. The first-order valence-electron chi connectivity index (χ1n) is 8.03. The molecule has 3 atom stereocenters. The lowest BCUT2D eigenvalue weighted by molar-refractivity contribution is -0.125. The van der Waals surface area contributed by atoms with Crippen LogP contribution in [0.5, 0.6) is 0 Å². The number of rotatable bonds is 6. The Morgan fingerprint density at radius 3 is 2.14 bits per heavy atom. The number of ether oxygens (including phenoxy) is 1. The number of halogens is 8. The molecule has 12 heteroatoms. The van der Waals surface area contributed by atoms with Crippen LogP contribution in [0.4, 0.5) is 30.7 Å². The van der Waals surface area contributed by atoms with Crippen molar-refractivity contribution in [2.24, 2.45) is 0 Å². The fraction of sp³-hybridized carbons (Fsp3) is 0.412. The molecule has 0 amide bonds. The van der Waals surface area contributed by atoms with Crippen LogP contribution in [0.15, 0.2) is 54.3 Å². The standard InChI is InChI=1S/C17H15ClF7NO2S/c1-3-28-14-10(2)12(11-7-5-4-6-8-11)9-13(15(19,20)21)26(14)29(27)17(24,25)16(18,22)23/h4-9,12,14H,2-3H2,1H3/t12-,14-,29-/m0/s1. The Kier molecular flexibility index (Phi) is 6.75. The van der Waals surface area contributed by atoms with Crippen LogP contribution < -0.4 is 0 Å². The van der Waals surface area contributed by atoms with E-state index in [0.717, 1.165) is 0 Å². The van der Waals surface area contributed by atoms with E-state index in [1.54, 1.807) is 6.07 Å². The Bertz CT molecular complexity index is 808. The van der Waals surface area contributed by atoms with Gasteiger partial charge in [-0.05, 0) is 35.7 Å². The fourth-order valence-corrected chi connectivity index (χ4v) is 4.05. The normalized spacial score (nSPS) is 22.4. The Hall–Kier alpha value is -1.59. The summed E-state index contributed by atoms with van der Waals surface area (Å²) in [5.74, 6) is -1.15. The number of benzene rings is 1. The van der Waals surface area contributed by atoms with Crippen LogP contribution in [0.2, 0.25) is 0 Å². The van der Waals surface area contributed by atoms with Gasteiger partial charge in [0.2, 0.25) is 11.0 Å². The summed E-state index contributed by atoms with van der Waals surface area (Å²) in [6, 6.07) is 7.61. The maximum atomic E-state index is 13.9. The Morgan fingerprint density at radius 1 is 1.14 bits per heavy atom. The van der Waals surface area contributed by atoms with Crippen molar-refractivity contribution in [1.82, 2.24) is 4.31 Å². The largest absolute Gasteiger partial charge is 0.431 e. The van der Waals surface area contributed by atoms with Crippen molar-refractivity contribution in [3.63, 3.8) is 0 Å². The van der Waals surface area contributed by atoms with E-state index in [9.17, 15) is 34.9 Å². The lowest BCUT2D eigenvalue weighted by Gasteiger charge is -2.42. The van der Waals surface area contributed by atoms with Crippen LogP contribution in [-0.4, -0.2) is 38.2 Å². The summed E-state index contributed by atoms with van der Waals surface area (Å²) in [6.07, 6.45) is -6.83. The molecule has 0 radical (unpaired) electrons. The number of hydrogen-bond donors (Lipinski definition) is 0. The summed E-state index contributed by atoms with van der Waals surface area (Å²) in [5, 5.41) is -10.9. The van der Waals surface area contributed by atoms with Crippen molar-refractivity contribution in [3.05, 3.63) is 59.8 Å². The molecule has 1 heterocycles. The molecule has 1 aromatic rings. The molecule has 0 fully saturated rings. The van der Waals surface area contributed by atoms with E-state index in [-0.39, 0.29) is 12.2 Å². The van der Waals surface area contributed by atoms with Gasteiger partial charge < -0.3 is 4.74 Å². The summed E-state index contributed by atoms with van der Waals surface area (Å²) in [7, 11) is -4.24. The van der Waals surface area contributed by atoms with Crippen LogP contribution in [0.1, 0.15) is 18.4 Å². The van der Waals surface area contributed by atoms with Crippen molar-refractivity contribution in [3.8, 4) is 0 Å². The summed E-state index contributed by atoms with van der Waals surface area (Å²) < 4.78 is 112. The van der Waals surface area contributed by atoms with Crippen LogP contribution in [-0.2, 0) is 15.7 Å². The molecular formula is C17H15ClF7NO2S. The van der Waals surface area contributed by atoms with Crippen molar-refractivity contribution in [2.75, 3.05) is 6.61 Å². The zero-order valence-electron chi connectivity index (χ0n) is 14.7. The molecule has 3 nitrogen and oxygen atoms in total. The summed E-state index contributed by atoms with van der Waals surface area (Å²) in [5.41, 5.74) is -1.69. The van der Waals surface area contributed by atoms with Gasteiger partial charge in [-0.2, -0.15) is 30.7 Å². The molecule has 1 aliphatic heterocycles. The molecule has 0 saturated carbocycles. The SMILES string of the molecule is C=C1[C@@H](c2ccccc2)C=C(C(F)(F)F)N([S@@](=O)C(F)(F)C(F)(F)Cl)[C@H]1OCC. The number of nitrogens with zero attached hydrogens (tertiary/aromatic N) is 1. The van der Waals surface area contributed by atoms with Gasteiger partial charge >= 0.3 is 16.8 Å². The molecule has 2 rings (SSSR count). The Balaban J connectivity index is 2.69. The van der Waals surface area contributed by atoms with Crippen molar-refractivity contribution in [1.29, 1.82) is 0 Å². The van der Waals surface area contributed by atoms with Gasteiger partial charge in [0.05, 0.1) is 0 Å². The fourth-order valence-electron chi connectivity index (χ4n) is 2.69. The quantitative estimate of drug-likeness (QED) is 0.314. The Labute approximate surface area is 169 Å². The van der Waals surface area contributed by atoms with Gasteiger partial charge in [0.15, 0.2) is 6.23 Å². The lowest BCUT2D eigenvalue weighted by atomic mass is 9.87. The van der Waals surface area contributed by atoms with Crippen molar-refractivity contribution >= 4 is 22.6 Å². The molecule has 0 spiro atoms. The zero-order chi connectivity index (χ0) is 22.2. The molecule has 0 saturated heterocycles. The average molecular weight is 466 g/mol. The molecule has 0 unspecified atom stereocenters. The highest BCUT2D eigenvalue weighted by Crippen LogP contribution is 2.48. The summed E-state index contributed by atoms with van der Waals surface area (Å²) >= 11 is 4.32. The highest BCUT2D eigenvalue weighted by Gasteiger charge is 2.65. The van der Waals surface area contributed by atoms with Crippen LogP contribution in [0.25, 0.3) is 0 Å². The third-order valence-corrected chi connectivity index (χ3v) is 5.78. The lowest BCUT2D eigenvalue weighted by Crippen LogP contribution is -2.54. The number of allylic oxidation sites excluding steroid dienone is 2. The molecule has 0 bridgehead atoms. The second-order valence-corrected chi connectivity index (χ2v) is 7.79. The minimum Gasteiger partial charge on any atom is -0.354 e. The topological polar surface area (TPSA) is 29.5 Å². The average Bonchev–Trinajstić information content (AvgIpc) is 2.61. The maximum Gasteiger partial charge on any atom is 0.431 e. The van der Waals surface area contributed by atoms with E-state index in [4.69, 9.17) is 4.74 Å². The molecular weight excluding hydrogens is 451 g/mol. The van der Waals surface area contributed by atoms with Gasteiger partial charge in [0.25, 0.3) is 0 Å². The van der Waals surface area contributed by atoms with Gasteiger partial charge in [-0.15, -0.1) is 0 Å². The van der Waals surface area contributed by atoms with E-state index >= 15 is 0 Å². The first kappa shape index (κ1) is 23.7. The zero-order valence-corrected chi connectivity index (χ0v) is 16.3. The van der Waals surface area contributed by atoms with Crippen molar-refractivity contribution in [2.45, 2.75) is 35.9 Å². The number of hydrogen-bond acceptors (Lipinski definition) is 2. The van der Waals surface area contributed by atoms with E-state index in [2.05, 4.69) is 18.2 Å². The molecule has 1 aliphatic rings. The smallest absolute Gasteiger partial charge is 0.354 e. The summed E-state index contributed by atoms with van der Waals surface area (Å²) in [4.78, 5) is 0. The van der Waals surface area contributed by atoms with Gasteiger partial charge in [-0.25, -0.2) is 4.21 Å². The first-order valence-corrected chi connectivity index (χ1v) is 9.52. The minimum atomic E-state index is -5.52. The molecule has 162 valence electrons. The van der Waals surface area contributed by atoms with Gasteiger partial charge in [0, 0.05) is 12.5 Å². The minimum absolute atomic E-state index is 0.187. The molecule has 29 heavy (non-hydrogen) atoms. The third kappa shape index (κ3) is 4.61. The number of alkyl halides is 8. The van der Waals surface area contributed by atoms with Gasteiger partial charge in [0.1, 0.15) is 5.70 Å². The maximum absolute atomic E-state index is 13.9. The highest BCUT2D eigenvalue weighted by atomic mass is 35.5. The second kappa shape index (κ2) is 8.27. The predicted molar refractivity (Wildman–Crippen MR) is 93.6 cm³/mol. The van der Waals surface area contributed by atoms with Gasteiger partial charge in [-0.1, -0.05) is 36.9 Å². The van der Waals surface area contributed by atoms with Crippen LogP contribution in [0.3, 0.4) is 0 Å². The second-order valence-electron chi connectivity index (χ2n) is 5.91. The van der Waals surface area contributed by atoms with Crippen molar-refractivity contribution < 1.29 is 39.7 Å². The molecule has 1 aromatic carbocycles. The van der Waals surface area contributed by atoms with E-state index in [1.165, 1.54) is 31.2 Å². The summed E-state index contributed by atoms with van der Waals surface area (Å²) in [6.45, 7) is 4.63. The third-order valence-electron chi connectivity index (χ3n) is 3.99. The highest BCUT2D eigenvalue weighted by molar-refractivity contribution is 7.84. The molecule has 0 aromatic heterocycles. The van der Waals surface area contributed by atoms with Gasteiger partial charge in [-0.3, -0.25) is 4.31 Å². The van der Waals surface area contributed by atoms with Crippen LogP contribution >= 0.6 is 11.6 Å². The van der Waals surface area contributed by atoms with E-state index in [1.807, 2.05) is 0 Å². The van der Waals surface area contributed by atoms with E-state index in [0.29, 0.717) is 11.6 Å². The first-order chi connectivity index (χ1) is 13.2. The van der Waals surface area contributed by atoms with Crippen LogP contribution in [0, 0.1) is 0 Å². The van der Waals surface area contributed by atoms with E-state index < -0.39 is 49.9 Å². The monoisotopic (exact) mass is 465 g/mol.